The number of anilines is 1. The van der Waals surface area contributed by atoms with Crippen LogP contribution in [0.3, 0.4) is 0 Å². The molecule has 112 valence electrons. The monoisotopic (exact) mass is 288 g/mol. The number of hydrogen-bond donors (Lipinski definition) is 1. The first kappa shape index (κ1) is 15.0. The fraction of sp³-hybridized carbons (Fsp3) is 0.692. The molecule has 2 rings (SSSR count). The van der Waals surface area contributed by atoms with Crippen LogP contribution in [0.25, 0.3) is 0 Å². The van der Waals surface area contributed by atoms with E-state index in [-0.39, 0.29) is 6.04 Å². The minimum absolute atomic E-state index is 0.0504. The second-order valence-corrected chi connectivity index (χ2v) is 5.39. The smallest absolute Gasteiger partial charge is 0.343 e. The third kappa shape index (κ3) is 4.63. The molecule has 20 heavy (non-hydrogen) atoms. The van der Waals surface area contributed by atoms with Crippen molar-refractivity contribution in [2.45, 2.75) is 51.5 Å². The number of alkyl halides is 3. The predicted molar refractivity (Wildman–Crippen MR) is 70.4 cm³/mol. The Kier molecular flexibility index (Phi) is 4.47. The van der Waals surface area contributed by atoms with E-state index in [0.29, 0.717) is 18.4 Å². The summed E-state index contributed by atoms with van der Waals surface area (Å²) in [6, 6.07) is 3.62. The summed E-state index contributed by atoms with van der Waals surface area (Å²) < 4.78 is 37.7. The fourth-order valence-corrected chi connectivity index (χ4v) is 1.89. The van der Waals surface area contributed by atoms with Gasteiger partial charge in [0.2, 0.25) is 0 Å². The largest absolute Gasteiger partial charge is 0.405 e. The first-order chi connectivity index (χ1) is 9.35. The van der Waals surface area contributed by atoms with Gasteiger partial charge in [-0.2, -0.15) is 18.3 Å². The molecule has 0 aromatic carbocycles. The molecule has 1 aliphatic carbocycles. The van der Waals surface area contributed by atoms with Crippen molar-refractivity contribution < 1.29 is 13.2 Å². The summed E-state index contributed by atoms with van der Waals surface area (Å²) in [5.74, 6) is 0.304. The molecule has 0 unspecified atom stereocenters. The van der Waals surface area contributed by atoms with Crippen molar-refractivity contribution in [2.75, 3.05) is 11.4 Å². The lowest BCUT2D eigenvalue weighted by Gasteiger charge is -2.24. The average Bonchev–Trinajstić information content (AvgIpc) is 3.17. The SMILES string of the molecule is CC(C)NCc1ccc(N(CC(F)(F)F)C2CC2)nn1. The number of halogens is 3. The quantitative estimate of drug-likeness (QED) is 0.873. The Morgan fingerprint density at radius 1 is 1.30 bits per heavy atom. The molecule has 1 aromatic heterocycles. The maximum Gasteiger partial charge on any atom is 0.405 e. The molecule has 7 heteroatoms. The molecule has 0 bridgehead atoms. The van der Waals surface area contributed by atoms with Crippen LogP contribution in [0.15, 0.2) is 12.1 Å². The number of hydrogen-bond acceptors (Lipinski definition) is 4. The molecule has 0 radical (unpaired) electrons. The summed E-state index contributed by atoms with van der Waals surface area (Å²) in [6.45, 7) is 3.63. The van der Waals surface area contributed by atoms with E-state index in [1.54, 1.807) is 12.1 Å². The average molecular weight is 288 g/mol. The van der Waals surface area contributed by atoms with Crippen LogP contribution in [0, 0.1) is 0 Å². The third-order valence-electron chi connectivity index (χ3n) is 3.03. The van der Waals surface area contributed by atoms with E-state index in [4.69, 9.17) is 0 Å². The standard InChI is InChI=1S/C13H19F3N4/c1-9(2)17-7-10-3-6-12(19-18-10)20(11-4-5-11)8-13(14,15)16/h3,6,9,11,17H,4-5,7-8H2,1-2H3. The van der Waals surface area contributed by atoms with E-state index in [0.717, 1.165) is 18.5 Å². The highest BCUT2D eigenvalue weighted by molar-refractivity contribution is 5.40. The summed E-state index contributed by atoms with van der Waals surface area (Å²) in [6.07, 6.45) is -2.65. The van der Waals surface area contributed by atoms with Crippen LogP contribution in [0.2, 0.25) is 0 Å². The topological polar surface area (TPSA) is 41.0 Å². The second kappa shape index (κ2) is 5.95. The zero-order valence-electron chi connectivity index (χ0n) is 11.6. The zero-order valence-corrected chi connectivity index (χ0v) is 11.6. The van der Waals surface area contributed by atoms with Gasteiger partial charge in [0.1, 0.15) is 6.54 Å². The van der Waals surface area contributed by atoms with E-state index < -0.39 is 12.7 Å². The van der Waals surface area contributed by atoms with Crippen molar-refractivity contribution in [2.24, 2.45) is 0 Å². The molecule has 1 heterocycles. The normalized spacial score (nSPS) is 15.7. The summed E-state index contributed by atoms with van der Waals surface area (Å²) in [5.41, 5.74) is 0.727. The lowest BCUT2D eigenvalue weighted by atomic mass is 10.3. The van der Waals surface area contributed by atoms with Crippen molar-refractivity contribution in [3.63, 3.8) is 0 Å². The zero-order chi connectivity index (χ0) is 14.8. The Labute approximate surface area is 116 Å². The van der Waals surface area contributed by atoms with Crippen molar-refractivity contribution in [3.8, 4) is 0 Å². The number of nitrogens with one attached hydrogen (secondary N) is 1. The molecule has 1 aliphatic rings. The van der Waals surface area contributed by atoms with Gasteiger partial charge in [-0.25, -0.2) is 0 Å². The Morgan fingerprint density at radius 2 is 2.00 bits per heavy atom. The van der Waals surface area contributed by atoms with Crippen molar-refractivity contribution >= 4 is 5.82 Å². The Bertz CT molecular complexity index is 426. The number of nitrogens with zero attached hydrogens (tertiary/aromatic N) is 3. The van der Waals surface area contributed by atoms with Gasteiger partial charge < -0.3 is 10.2 Å². The molecular weight excluding hydrogens is 269 g/mol. The van der Waals surface area contributed by atoms with E-state index in [1.165, 1.54) is 4.90 Å². The molecule has 1 fully saturated rings. The molecule has 1 N–H and O–H groups in total. The molecule has 0 aliphatic heterocycles. The molecule has 0 saturated heterocycles. The van der Waals surface area contributed by atoms with Gasteiger partial charge in [-0.15, -0.1) is 5.10 Å². The van der Waals surface area contributed by atoms with Gasteiger partial charge >= 0.3 is 6.18 Å². The summed E-state index contributed by atoms with van der Waals surface area (Å²) in [5, 5.41) is 11.1. The number of rotatable bonds is 6. The summed E-state index contributed by atoms with van der Waals surface area (Å²) in [7, 11) is 0. The molecule has 1 aromatic rings. The molecule has 1 saturated carbocycles. The lowest BCUT2D eigenvalue weighted by Crippen LogP contribution is -2.36. The highest BCUT2D eigenvalue weighted by atomic mass is 19.4. The Balaban J connectivity index is 2.02. The van der Waals surface area contributed by atoms with Gasteiger partial charge in [-0.05, 0) is 25.0 Å². The number of aromatic nitrogens is 2. The highest BCUT2D eigenvalue weighted by Crippen LogP contribution is 2.33. The van der Waals surface area contributed by atoms with E-state index in [1.807, 2.05) is 13.8 Å². The van der Waals surface area contributed by atoms with Gasteiger partial charge in [-0.1, -0.05) is 13.8 Å². The van der Waals surface area contributed by atoms with Gasteiger partial charge in [-0.3, -0.25) is 0 Å². The molecule has 0 spiro atoms. The second-order valence-electron chi connectivity index (χ2n) is 5.39. The first-order valence-corrected chi connectivity index (χ1v) is 6.74. The van der Waals surface area contributed by atoms with Crippen molar-refractivity contribution in [3.05, 3.63) is 17.8 Å². The van der Waals surface area contributed by atoms with E-state index >= 15 is 0 Å². The molecule has 4 nitrogen and oxygen atoms in total. The first-order valence-electron chi connectivity index (χ1n) is 6.74. The van der Waals surface area contributed by atoms with Gasteiger partial charge in [0.25, 0.3) is 0 Å². The summed E-state index contributed by atoms with van der Waals surface area (Å²) >= 11 is 0. The fourth-order valence-electron chi connectivity index (χ4n) is 1.89. The molecule has 0 atom stereocenters. The van der Waals surface area contributed by atoms with Gasteiger partial charge in [0.05, 0.1) is 5.69 Å². The third-order valence-corrected chi connectivity index (χ3v) is 3.03. The van der Waals surface area contributed by atoms with Crippen LogP contribution < -0.4 is 10.2 Å². The van der Waals surface area contributed by atoms with Crippen LogP contribution in [-0.2, 0) is 6.54 Å². The molecule has 0 amide bonds. The van der Waals surface area contributed by atoms with Crippen molar-refractivity contribution in [1.29, 1.82) is 0 Å². The summed E-state index contributed by atoms with van der Waals surface area (Å²) in [4.78, 5) is 1.30. The maximum absolute atomic E-state index is 12.6. The van der Waals surface area contributed by atoms with Crippen LogP contribution in [0.5, 0.6) is 0 Å². The lowest BCUT2D eigenvalue weighted by molar-refractivity contribution is -0.120. The molecular formula is C13H19F3N4. The predicted octanol–water partition coefficient (Wildman–Crippen LogP) is 2.51. The van der Waals surface area contributed by atoms with E-state index in [2.05, 4.69) is 15.5 Å². The van der Waals surface area contributed by atoms with Crippen LogP contribution in [0.1, 0.15) is 32.4 Å². The van der Waals surface area contributed by atoms with Crippen LogP contribution in [0.4, 0.5) is 19.0 Å². The highest BCUT2D eigenvalue weighted by Gasteiger charge is 2.38. The van der Waals surface area contributed by atoms with Crippen LogP contribution >= 0.6 is 0 Å². The van der Waals surface area contributed by atoms with E-state index in [9.17, 15) is 13.2 Å². The van der Waals surface area contributed by atoms with Gasteiger partial charge in [0.15, 0.2) is 5.82 Å². The Morgan fingerprint density at radius 3 is 2.45 bits per heavy atom. The van der Waals surface area contributed by atoms with Gasteiger partial charge in [0, 0.05) is 18.6 Å². The minimum Gasteiger partial charge on any atom is -0.343 e. The maximum atomic E-state index is 12.6. The van der Waals surface area contributed by atoms with Crippen LogP contribution in [-0.4, -0.2) is 35.0 Å². The Hall–Kier alpha value is -1.37. The van der Waals surface area contributed by atoms with Crippen molar-refractivity contribution in [1.82, 2.24) is 15.5 Å². The minimum atomic E-state index is -4.22.